The van der Waals surface area contributed by atoms with Crippen molar-refractivity contribution < 1.29 is 0 Å². The molecule has 0 saturated carbocycles. The van der Waals surface area contributed by atoms with Crippen molar-refractivity contribution in [3.63, 3.8) is 0 Å². The standard InChI is InChI=1S/C53H42/c1-38(35-40(3)51(44-25-14-7-15-26-44)36-39(2)42-21-10-5-11-22-42)41(4)47-33-34-49(52(37-47)45-27-16-8-17-28-45)50-32-20-31-48(43-23-12-6-13-24-43)53(50)46-29-18-9-19-30-46/h5-6,8-10,12-14,16-21,23-34,36-37H,35H2,1-4H3/b39-36+,41-38+,51-40+. The van der Waals surface area contributed by atoms with E-state index < -0.39 is 0 Å². The average molecular weight is 679 g/mol. The van der Waals surface area contributed by atoms with Gasteiger partial charge in [0.25, 0.3) is 0 Å². The summed E-state index contributed by atoms with van der Waals surface area (Å²) in [5.41, 5.74) is 19.4. The van der Waals surface area contributed by atoms with Crippen LogP contribution in [0.3, 0.4) is 0 Å². The lowest BCUT2D eigenvalue weighted by atomic mass is 9.83. The van der Waals surface area contributed by atoms with Crippen molar-refractivity contribution in [1.82, 2.24) is 0 Å². The van der Waals surface area contributed by atoms with Crippen LogP contribution in [0, 0.1) is 24.3 Å². The Morgan fingerprint density at radius 2 is 1.15 bits per heavy atom. The minimum atomic E-state index is 0.841. The van der Waals surface area contributed by atoms with E-state index in [1.165, 1.54) is 72.4 Å². The van der Waals surface area contributed by atoms with Crippen molar-refractivity contribution in [2.24, 2.45) is 0 Å². The highest BCUT2D eigenvalue weighted by Crippen LogP contribution is 2.44. The van der Waals surface area contributed by atoms with Gasteiger partial charge in [0.1, 0.15) is 0 Å². The van der Waals surface area contributed by atoms with Crippen LogP contribution in [-0.4, -0.2) is 0 Å². The molecule has 7 aromatic carbocycles. The van der Waals surface area contributed by atoms with Gasteiger partial charge in [0.05, 0.1) is 0 Å². The van der Waals surface area contributed by atoms with Gasteiger partial charge in [0, 0.05) is 5.56 Å². The second kappa shape index (κ2) is 16.2. The monoisotopic (exact) mass is 678 g/mol. The maximum Gasteiger partial charge on any atom is 0.0278 e. The maximum atomic E-state index is 3.26. The molecule has 7 aromatic rings. The molecule has 7 rings (SSSR count). The second-order valence-electron chi connectivity index (χ2n) is 13.6. The fourth-order valence-corrected chi connectivity index (χ4v) is 7.14. The van der Waals surface area contributed by atoms with Gasteiger partial charge in [-0.15, -0.1) is 0 Å². The Hall–Kier alpha value is -6.60. The Bertz CT molecular complexity index is 2390. The molecule has 0 saturated heterocycles. The first kappa shape index (κ1) is 34.8. The van der Waals surface area contributed by atoms with E-state index in [4.69, 9.17) is 0 Å². The third kappa shape index (κ3) is 7.85. The van der Waals surface area contributed by atoms with E-state index in [0.717, 1.165) is 23.1 Å². The van der Waals surface area contributed by atoms with Crippen LogP contribution >= 0.6 is 0 Å². The topological polar surface area (TPSA) is 0 Å². The van der Waals surface area contributed by atoms with E-state index >= 15 is 0 Å². The minimum absolute atomic E-state index is 0.841. The van der Waals surface area contributed by atoms with E-state index in [1.54, 1.807) is 0 Å². The van der Waals surface area contributed by atoms with Gasteiger partial charge in [-0.05, 0) is 143 Å². The Morgan fingerprint density at radius 1 is 0.491 bits per heavy atom. The van der Waals surface area contributed by atoms with Crippen LogP contribution in [0.15, 0.2) is 181 Å². The SMILES string of the molecule is C/C(=C\C(=C(\C)C/C(C)=C(\C)c1ccc(-c2cccc(-c3ccccc3)c2-c2ccccc2)c(-c2ccccc2)c1)c1cc#ccc1)c1c#cccc1. The van der Waals surface area contributed by atoms with Crippen molar-refractivity contribution in [1.29, 1.82) is 0 Å². The van der Waals surface area contributed by atoms with Crippen LogP contribution < -0.4 is 0 Å². The molecule has 0 unspecified atom stereocenters. The molecule has 0 atom stereocenters. The smallest absolute Gasteiger partial charge is 0.0278 e. The van der Waals surface area contributed by atoms with Crippen LogP contribution in [0.25, 0.3) is 61.2 Å². The summed E-state index contributed by atoms with van der Waals surface area (Å²) in [5.74, 6) is 0. The summed E-state index contributed by atoms with van der Waals surface area (Å²) in [6.07, 6.45) is 3.12. The van der Waals surface area contributed by atoms with Gasteiger partial charge in [0.15, 0.2) is 0 Å². The van der Waals surface area contributed by atoms with Gasteiger partial charge in [-0.1, -0.05) is 169 Å². The Balaban J connectivity index is 1.35. The fourth-order valence-electron chi connectivity index (χ4n) is 7.14. The van der Waals surface area contributed by atoms with Gasteiger partial charge in [-0.2, -0.15) is 0 Å². The molecule has 0 fully saturated rings. The lowest BCUT2D eigenvalue weighted by molar-refractivity contribution is 1.11. The van der Waals surface area contributed by atoms with Crippen LogP contribution in [0.5, 0.6) is 0 Å². The van der Waals surface area contributed by atoms with Gasteiger partial charge in [-0.25, -0.2) is 0 Å². The number of hydrogen-bond acceptors (Lipinski definition) is 0. The largest absolute Gasteiger partial charge is 0.0702 e. The molecular formula is C53H42. The third-order valence-corrected chi connectivity index (χ3v) is 10.1. The molecule has 0 heterocycles. The molecule has 0 bridgehead atoms. The van der Waals surface area contributed by atoms with E-state index in [-0.39, 0.29) is 0 Å². The molecule has 0 radical (unpaired) electrons. The molecule has 0 aliphatic carbocycles. The summed E-state index contributed by atoms with van der Waals surface area (Å²) in [5, 5.41) is 0. The zero-order valence-electron chi connectivity index (χ0n) is 30.9. The number of allylic oxidation sites excluding steroid dienone is 6. The van der Waals surface area contributed by atoms with Crippen LogP contribution in [0.4, 0.5) is 0 Å². The normalized spacial score (nSPS) is 12.3. The summed E-state index contributed by atoms with van der Waals surface area (Å²) in [6, 6.07) is 70.7. The van der Waals surface area contributed by atoms with Crippen LogP contribution in [0.2, 0.25) is 0 Å². The molecule has 0 spiro atoms. The molecule has 0 aliphatic rings. The summed E-state index contributed by atoms with van der Waals surface area (Å²) in [7, 11) is 0. The summed E-state index contributed by atoms with van der Waals surface area (Å²) in [4.78, 5) is 0. The predicted octanol–water partition coefficient (Wildman–Crippen LogP) is 14.3. The number of benzene rings is 5. The molecular weight excluding hydrogens is 637 g/mol. The first-order valence-corrected chi connectivity index (χ1v) is 18.2. The first-order chi connectivity index (χ1) is 26.0. The van der Waals surface area contributed by atoms with Gasteiger partial charge in [0.2, 0.25) is 0 Å². The lowest BCUT2D eigenvalue weighted by Crippen LogP contribution is -1.95. The van der Waals surface area contributed by atoms with E-state index in [2.05, 4.69) is 198 Å². The molecule has 0 N–H and O–H groups in total. The summed E-state index contributed by atoms with van der Waals surface area (Å²) < 4.78 is 0. The predicted molar refractivity (Wildman–Crippen MR) is 226 cm³/mol. The third-order valence-electron chi connectivity index (χ3n) is 10.1. The Morgan fingerprint density at radius 3 is 1.79 bits per heavy atom. The highest BCUT2D eigenvalue weighted by Gasteiger charge is 2.18. The van der Waals surface area contributed by atoms with E-state index in [9.17, 15) is 0 Å². The van der Waals surface area contributed by atoms with Gasteiger partial charge >= 0.3 is 0 Å². The first-order valence-electron chi connectivity index (χ1n) is 18.2. The second-order valence-corrected chi connectivity index (χ2v) is 13.6. The highest BCUT2D eigenvalue weighted by molar-refractivity contribution is 5.99. The van der Waals surface area contributed by atoms with Crippen molar-refractivity contribution >= 4 is 16.7 Å². The van der Waals surface area contributed by atoms with Crippen molar-refractivity contribution in [3.8, 4) is 44.5 Å². The zero-order chi connectivity index (χ0) is 36.6. The summed E-state index contributed by atoms with van der Waals surface area (Å²) in [6.45, 7) is 8.92. The molecule has 0 nitrogen and oxygen atoms in total. The zero-order valence-corrected chi connectivity index (χ0v) is 30.9. The minimum Gasteiger partial charge on any atom is -0.0702 e. The fraction of sp³-hybridized carbons (Fsp3) is 0.0943. The number of hydrogen-bond donors (Lipinski definition) is 0. The number of rotatable bonds is 10. The molecule has 0 aromatic heterocycles. The van der Waals surface area contributed by atoms with Crippen LogP contribution in [0.1, 0.15) is 50.8 Å². The quantitative estimate of drug-likeness (QED) is 0.126. The summed E-state index contributed by atoms with van der Waals surface area (Å²) >= 11 is 0. The van der Waals surface area contributed by atoms with Crippen molar-refractivity contribution in [3.05, 3.63) is 222 Å². The van der Waals surface area contributed by atoms with E-state index in [1.807, 2.05) is 24.3 Å². The molecule has 0 aliphatic heterocycles. The molecule has 53 heavy (non-hydrogen) atoms. The molecule has 254 valence electrons. The van der Waals surface area contributed by atoms with Crippen molar-refractivity contribution in [2.45, 2.75) is 34.1 Å². The average Bonchev–Trinajstić information content (AvgIpc) is 3.23. The molecule has 0 amide bonds. The molecule has 0 heteroatoms. The Kier molecular flexibility index (Phi) is 10.6. The maximum absolute atomic E-state index is 3.26. The van der Waals surface area contributed by atoms with E-state index in [0.29, 0.717) is 0 Å². The van der Waals surface area contributed by atoms with Crippen molar-refractivity contribution in [2.75, 3.05) is 0 Å². The van der Waals surface area contributed by atoms with Gasteiger partial charge < -0.3 is 0 Å². The van der Waals surface area contributed by atoms with Gasteiger partial charge in [-0.3, -0.25) is 0 Å². The highest BCUT2D eigenvalue weighted by atomic mass is 14.2. The van der Waals surface area contributed by atoms with Crippen LogP contribution in [-0.2, 0) is 0 Å². The lowest BCUT2D eigenvalue weighted by Gasteiger charge is -2.20. The Labute approximate surface area is 316 Å².